The third-order valence-corrected chi connectivity index (χ3v) is 3.26. The molecule has 0 saturated carbocycles. The Bertz CT molecular complexity index is 609. The van der Waals surface area contributed by atoms with Crippen LogP contribution in [0, 0.1) is 18.6 Å². The molecule has 0 aliphatic heterocycles. The first-order chi connectivity index (χ1) is 9.10. The minimum absolute atomic E-state index is 0.105. The molecule has 0 saturated heterocycles. The average Bonchev–Trinajstić information content (AvgIpc) is 2.40. The molecule has 1 aromatic carbocycles. The molecule has 0 spiro atoms. The van der Waals surface area contributed by atoms with E-state index in [4.69, 9.17) is 0 Å². The van der Waals surface area contributed by atoms with Gasteiger partial charge in [0.15, 0.2) is 11.6 Å². The lowest BCUT2D eigenvalue weighted by Crippen LogP contribution is -2.07. The van der Waals surface area contributed by atoms with Crippen molar-refractivity contribution in [3.8, 4) is 0 Å². The molecule has 0 bridgehead atoms. The summed E-state index contributed by atoms with van der Waals surface area (Å²) < 4.78 is 27.2. The van der Waals surface area contributed by atoms with Crippen LogP contribution in [0.5, 0.6) is 0 Å². The normalized spacial score (nSPS) is 11.0. The van der Waals surface area contributed by atoms with Crippen molar-refractivity contribution < 1.29 is 8.78 Å². The number of aryl methyl sites for hydroxylation is 1. The molecule has 0 aliphatic rings. The highest BCUT2D eigenvalue weighted by Crippen LogP contribution is 2.31. The summed E-state index contributed by atoms with van der Waals surface area (Å²) in [5, 5.41) is 3.96. The van der Waals surface area contributed by atoms with Gasteiger partial charge in [-0.3, -0.25) is 0 Å². The van der Waals surface area contributed by atoms with Gasteiger partial charge in [0.05, 0.1) is 0 Å². The summed E-state index contributed by atoms with van der Waals surface area (Å²) in [5.41, 5.74) is 2.80. The van der Waals surface area contributed by atoms with E-state index >= 15 is 0 Å². The number of nitrogens with one attached hydrogen (secondary N) is 1. The van der Waals surface area contributed by atoms with Crippen molar-refractivity contribution in [1.82, 2.24) is 4.98 Å². The highest BCUT2D eigenvalue weighted by atomic mass is 19.2. The molecule has 2 aromatic rings. The molecule has 102 valence electrons. The van der Waals surface area contributed by atoms with Crippen molar-refractivity contribution >= 4 is 16.6 Å². The summed E-state index contributed by atoms with van der Waals surface area (Å²) in [6.45, 7) is 6.73. The number of rotatable bonds is 4. The Kier molecular flexibility index (Phi) is 3.98. The van der Waals surface area contributed by atoms with E-state index < -0.39 is 11.6 Å². The largest absolute Gasteiger partial charge is 0.384 e. The van der Waals surface area contributed by atoms with E-state index in [-0.39, 0.29) is 5.52 Å². The molecule has 1 N–H and O–H groups in total. The number of anilines is 1. The minimum Gasteiger partial charge on any atom is -0.384 e. The molecule has 0 unspecified atom stereocenters. The van der Waals surface area contributed by atoms with Crippen LogP contribution >= 0.6 is 0 Å². The fraction of sp³-hybridized carbons (Fsp3) is 0.400. The predicted molar refractivity (Wildman–Crippen MR) is 74.6 cm³/mol. The molecule has 1 aromatic heterocycles. The van der Waals surface area contributed by atoms with Crippen LogP contribution in [-0.2, 0) is 6.42 Å². The lowest BCUT2D eigenvalue weighted by atomic mass is 10.0. The van der Waals surface area contributed by atoms with Gasteiger partial charge in [0.25, 0.3) is 0 Å². The fourth-order valence-corrected chi connectivity index (χ4v) is 2.31. The number of hydrogen-bond donors (Lipinski definition) is 1. The predicted octanol–water partition coefficient (Wildman–Crippen LogP) is 4.21. The second-order valence-electron chi connectivity index (χ2n) is 4.59. The average molecular weight is 264 g/mol. The van der Waals surface area contributed by atoms with Gasteiger partial charge in [0.2, 0.25) is 0 Å². The third kappa shape index (κ3) is 2.39. The van der Waals surface area contributed by atoms with Crippen molar-refractivity contribution in [1.29, 1.82) is 0 Å². The maximum Gasteiger partial charge on any atom is 0.185 e. The van der Waals surface area contributed by atoms with Crippen LogP contribution in [0.2, 0.25) is 0 Å². The topological polar surface area (TPSA) is 24.9 Å². The van der Waals surface area contributed by atoms with E-state index in [1.54, 1.807) is 6.07 Å². The molecule has 1 heterocycles. The minimum atomic E-state index is -0.872. The first kappa shape index (κ1) is 13.7. The zero-order valence-electron chi connectivity index (χ0n) is 11.5. The Balaban J connectivity index is 2.75. The van der Waals surface area contributed by atoms with Gasteiger partial charge in [-0.2, -0.15) is 0 Å². The van der Waals surface area contributed by atoms with Gasteiger partial charge < -0.3 is 5.32 Å². The van der Waals surface area contributed by atoms with Gasteiger partial charge >= 0.3 is 0 Å². The Morgan fingerprint density at radius 3 is 2.58 bits per heavy atom. The van der Waals surface area contributed by atoms with Crippen LogP contribution < -0.4 is 5.32 Å². The van der Waals surface area contributed by atoms with E-state index in [1.165, 1.54) is 0 Å². The van der Waals surface area contributed by atoms with E-state index in [0.29, 0.717) is 5.39 Å². The van der Waals surface area contributed by atoms with E-state index in [9.17, 15) is 8.78 Å². The van der Waals surface area contributed by atoms with Gasteiger partial charge in [-0.1, -0.05) is 13.8 Å². The molecule has 4 heteroatoms. The van der Waals surface area contributed by atoms with Gasteiger partial charge in [0, 0.05) is 23.3 Å². The van der Waals surface area contributed by atoms with Gasteiger partial charge in [-0.25, -0.2) is 13.8 Å². The molecule has 19 heavy (non-hydrogen) atoms. The Morgan fingerprint density at radius 2 is 1.95 bits per heavy atom. The SMILES string of the molecule is CCCNc1c(CC)c(C)nc2c(F)c(F)ccc12. The molecule has 0 radical (unpaired) electrons. The zero-order chi connectivity index (χ0) is 14.0. The van der Waals surface area contributed by atoms with Crippen LogP contribution in [0.1, 0.15) is 31.5 Å². The highest BCUT2D eigenvalue weighted by Gasteiger charge is 2.16. The lowest BCUT2D eigenvalue weighted by molar-refractivity contribution is 0.515. The molecule has 0 aliphatic carbocycles. The van der Waals surface area contributed by atoms with Crippen molar-refractivity contribution in [3.05, 3.63) is 35.0 Å². The molecule has 0 amide bonds. The smallest absolute Gasteiger partial charge is 0.185 e. The maximum atomic E-state index is 13.9. The van der Waals surface area contributed by atoms with Gasteiger partial charge in [-0.15, -0.1) is 0 Å². The number of fused-ring (bicyclic) bond motifs is 1. The molecule has 0 atom stereocenters. The fourth-order valence-electron chi connectivity index (χ4n) is 2.31. The second-order valence-corrected chi connectivity index (χ2v) is 4.59. The van der Waals surface area contributed by atoms with Crippen LogP contribution in [0.25, 0.3) is 10.9 Å². The summed E-state index contributed by atoms with van der Waals surface area (Å²) in [6.07, 6.45) is 1.77. The maximum absolute atomic E-state index is 13.9. The monoisotopic (exact) mass is 264 g/mol. The molecular weight excluding hydrogens is 246 g/mol. The Hall–Kier alpha value is -1.71. The number of aromatic nitrogens is 1. The van der Waals surface area contributed by atoms with E-state index in [0.717, 1.165) is 42.4 Å². The van der Waals surface area contributed by atoms with Crippen molar-refractivity contribution in [3.63, 3.8) is 0 Å². The summed E-state index contributed by atoms with van der Waals surface area (Å²) in [4.78, 5) is 4.22. The first-order valence-electron chi connectivity index (χ1n) is 6.61. The van der Waals surface area contributed by atoms with Gasteiger partial charge in [0.1, 0.15) is 5.52 Å². The number of nitrogens with zero attached hydrogens (tertiary/aromatic N) is 1. The molecule has 2 rings (SSSR count). The molecule has 0 fully saturated rings. The summed E-state index contributed by atoms with van der Waals surface area (Å²) in [7, 11) is 0. The highest BCUT2D eigenvalue weighted by molar-refractivity contribution is 5.93. The van der Waals surface area contributed by atoms with Gasteiger partial charge in [-0.05, 0) is 37.5 Å². The first-order valence-corrected chi connectivity index (χ1v) is 6.61. The van der Waals surface area contributed by atoms with Crippen LogP contribution in [0.4, 0.5) is 14.5 Å². The zero-order valence-corrected chi connectivity index (χ0v) is 11.5. The lowest BCUT2D eigenvalue weighted by Gasteiger charge is -2.16. The van der Waals surface area contributed by atoms with Crippen LogP contribution in [0.15, 0.2) is 12.1 Å². The third-order valence-electron chi connectivity index (χ3n) is 3.26. The molecular formula is C15H18F2N2. The van der Waals surface area contributed by atoms with Crippen molar-refractivity contribution in [2.45, 2.75) is 33.6 Å². The summed E-state index contributed by atoms with van der Waals surface area (Å²) in [6, 6.07) is 2.75. The standard InChI is InChI=1S/C15H18F2N2/c1-4-8-18-14-10(5-2)9(3)19-15-11(14)6-7-12(16)13(15)17/h6-7H,4-5,8H2,1-3H3,(H,18,19). The summed E-state index contributed by atoms with van der Waals surface area (Å²) >= 11 is 0. The quantitative estimate of drug-likeness (QED) is 0.895. The van der Waals surface area contributed by atoms with Crippen molar-refractivity contribution in [2.75, 3.05) is 11.9 Å². The van der Waals surface area contributed by atoms with E-state index in [2.05, 4.69) is 17.2 Å². The number of hydrogen-bond acceptors (Lipinski definition) is 2. The summed E-state index contributed by atoms with van der Waals surface area (Å²) in [5.74, 6) is -1.73. The molecule has 2 nitrogen and oxygen atoms in total. The number of benzene rings is 1. The number of pyridine rings is 1. The van der Waals surface area contributed by atoms with Crippen LogP contribution in [-0.4, -0.2) is 11.5 Å². The number of halogens is 2. The Labute approximate surface area is 111 Å². The van der Waals surface area contributed by atoms with Crippen molar-refractivity contribution in [2.24, 2.45) is 0 Å². The van der Waals surface area contributed by atoms with E-state index in [1.807, 2.05) is 13.8 Å². The van der Waals surface area contributed by atoms with Crippen LogP contribution in [0.3, 0.4) is 0 Å². The second kappa shape index (κ2) is 5.51. The Morgan fingerprint density at radius 1 is 1.21 bits per heavy atom.